The fourth-order valence-corrected chi connectivity index (χ4v) is 2.13. The Kier molecular flexibility index (Phi) is 4.11. The molecule has 0 spiro atoms. The Balaban J connectivity index is 2.26. The molecule has 2 aromatic carbocycles. The number of benzene rings is 2. The van der Waals surface area contributed by atoms with E-state index in [1.54, 1.807) is 0 Å². The number of hydrogen-bond donors (Lipinski definition) is 1. The smallest absolute Gasteiger partial charge is 0.0617 e. The van der Waals surface area contributed by atoms with E-state index in [0.29, 0.717) is 5.02 Å². The number of anilines is 2. The first-order chi connectivity index (χ1) is 8.70. The predicted molar refractivity (Wildman–Crippen MR) is 79.0 cm³/mol. The maximum absolute atomic E-state index is 6.04. The monoisotopic (exact) mass is 260 g/mol. The van der Waals surface area contributed by atoms with Gasteiger partial charge in [-0.15, -0.1) is 0 Å². The zero-order chi connectivity index (χ0) is 13.0. The Morgan fingerprint density at radius 1 is 1.11 bits per heavy atom. The molecule has 0 aromatic heterocycles. The van der Waals surface area contributed by atoms with Gasteiger partial charge in [0.15, 0.2) is 0 Å². The van der Waals surface area contributed by atoms with Crippen LogP contribution < -0.4 is 10.6 Å². The lowest BCUT2D eigenvalue weighted by Gasteiger charge is -2.25. The summed E-state index contributed by atoms with van der Waals surface area (Å²) in [5, 5.41) is 0.714. The molecule has 0 radical (unpaired) electrons. The second kappa shape index (κ2) is 5.78. The van der Waals surface area contributed by atoms with Crippen molar-refractivity contribution in [2.75, 3.05) is 17.2 Å². The summed E-state index contributed by atoms with van der Waals surface area (Å²) in [7, 11) is 0. The van der Waals surface area contributed by atoms with E-state index in [1.165, 1.54) is 5.56 Å². The molecular formula is C15H17ClN2. The molecule has 0 unspecified atom stereocenters. The number of nitrogens with two attached hydrogens (primary N) is 1. The summed E-state index contributed by atoms with van der Waals surface area (Å²) >= 11 is 6.04. The van der Waals surface area contributed by atoms with E-state index in [0.717, 1.165) is 24.5 Å². The van der Waals surface area contributed by atoms with Gasteiger partial charge in [0.25, 0.3) is 0 Å². The van der Waals surface area contributed by atoms with Crippen molar-refractivity contribution in [2.45, 2.75) is 13.5 Å². The lowest BCUT2D eigenvalue weighted by Crippen LogP contribution is -2.23. The van der Waals surface area contributed by atoms with Crippen molar-refractivity contribution in [3.63, 3.8) is 0 Å². The Morgan fingerprint density at radius 3 is 2.50 bits per heavy atom. The lowest BCUT2D eigenvalue weighted by atomic mass is 10.2. The molecular weight excluding hydrogens is 244 g/mol. The van der Waals surface area contributed by atoms with E-state index in [-0.39, 0.29) is 0 Å². The van der Waals surface area contributed by atoms with Gasteiger partial charge in [-0.25, -0.2) is 0 Å². The Bertz CT molecular complexity index is 511. The van der Waals surface area contributed by atoms with Crippen LogP contribution in [0.3, 0.4) is 0 Å². The van der Waals surface area contributed by atoms with Gasteiger partial charge < -0.3 is 10.6 Å². The summed E-state index contributed by atoms with van der Waals surface area (Å²) in [4.78, 5) is 2.22. The molecule has 0 heterocycles. The molecule has 0 saturated carbocycles. The highest BCUT2D eigenvalue weighted by atomic mass is 35.5. The molecule has 2 rings (SSSR count). The molecule has 0 aliphatic carbocycles. The molecule has 0 aliphatic heterocycles. The predicted octanol–water partition coefficient (Wildman–Crippen LogP) is 3.95. The SMILES string of the molecule is CCN(Cc1ccccc1)c1cc(Cl)ccc1N. The van der Waals surface area contributed by atoms with Crippen molar-refractivity contribution in [3.05, 3.63) is 59.1 Å². The Morgan fingerprint density at radius 2 is 1.83 bits per heavy atom. The van der Waals surface area contributed by atoms with Gasteiger partial charge in [-0.2, -0.15) is 0 Å². The van der Waals surface area contributed by atoms with Crippen molar-refractivity contribution in [2.24, 2.45) is 0 Å². The molecule has 0 fully saturated rings. The van der Waals surface area contributed by atoms with Crippen LogP contribution in [0.15, 0.2) is 48.5 Å². The van der Waals surface area contributed by atoms with Crippen LogP contribution >= 0.6 is 11.6 Å². The Hall–Kier alpha value is -1.67. The number of hydrogen-bond acceptors (Lipinski definition) is 2. The van der Waals surface area contributed by atoms with E-state index in [4.69, 9.17) is 17.3 Å². The normalized spacial score (nSPS) is 10.3. The van der Waals surface area contributed by atoms with Gasteiger partial charge in [0, 0.05) is 18.1 Å². The molecule has 3 heteroatoms. The highest BCUT2D eigenvalue weighted by Gasteiger charge is 2.09. The Labute approximate surface area is 113 Å². The molecule has 2 nitrogen and oxygen atoms in total. The van der Waals surface area contributed by atoms with Gasteiger partial charge in [-0.1, -0.05) is 41.9 Å². The van der Waals surface area contributed by atoms with Crippen LogP contribution in [-0.4, -0.2) is 6.54 Å². The van der Waals surface area contributed by atoms with Crippen molar-refractivity contribution >= 4 is 23.0 Å². The summed E-state index contributed by atoms with van der Waals surface area (Å²) in [6, 6.07) is 15.9. The molecule has 94 valence electrons. The van der Waals surface area contributed by atoms with Crippen molar-refractivity contribution < 1.29 is 0 Å². The van der Waals surface area contributed by atoms with Crippen LogP contribution in [0.25, 0.3) is 0 Å². The fourth-order valence-electron chi connectivity index (χ4n) is 1.96. The standard InChI is InChI=1S/C15H17ClN2/c1-2-18(11-12-6-4-3-5-7-12)15-10-13(16)8-9-14(15)17/h3-10H,2,11,17H2,1H3. The van der Waals surface area contributed by atoms with Crippen LogP contribution in [0.4, 0.5) is 11.4 Å². The number of halogens is 1. The first-order valence-electron chi connectivity index (χ1n) is 6.04. The molecule has 0 bridgehead atoms. The summed E-state index contributed by atoms with van der Waals surface area (Å²) in [6.07, 6.45) is 0. The van der Waals surface area contributed by atoms with Crippen molar-refractivity contribution in [1.82, 2.24) is 0 Å². The van der Waals surface area contributed by atoms with Gasteiger partial charge in [0.05, 0.1) is 11.4 Å². The zero-order valence-electron chi connectivity index (χ0n) is 10.4. The highest BCUT2D eigenvalue weighted by molar-refractivity contribution is 6.31. The third-order valence-electron chi connectivity index (χ3n) is 2.93. The van der Waals surface area contributed by atoms with E-state index < -0.39 is 0 Å². The van der Waals surface area contributed by atoms with E-state index in [9.17, 15) is 0 Å². The molecule has 0 aliphatic rings. The lowest BCUT2D eigenvalue weighted by molar-refractivity contribution is 0.833. The van der Waals surface area contributed by atoms with Crippen LogP contribution in [0.2, 0.25) is 5.02 Å². The third kappa shape index (κ3) is 2.96. The van der Waals surface area contributed by atoms with E-state index in [1.807, 2.05) is 36.4 Å². The maximum Gasteiger partial charge on any atom is 0.0617 e. The topological polar surface area (TPSA) is 29.3 Å². The number of nitrogen functional groups attached to an aromatic ring is 1. The van der Waals surface area contributed by atoms with Crippen molar-refractivity contribution in [1.29, 1.82) is 0 Å². The van der Waals surface area contributed by atoms with Gasteiger partial charge in [0.1, 0.15) is 0 Å². The fraction of sp³-hybridized carbons (Fsp3) is 0.200. The van der Waals surface area contributed by atoms with Crippen LogP contribution in [-0.2, 0) is 6.54 Å². The second-order valence-electron chi connectivity index (χ2n) is 4.20. The molecule has 0 amide bonds. The quantitative estimate of drug-likeness (QED) is 0.844. The summed E-state index contributed by atoms with van der Waals surface area (Å²) in [5.74, 6) is 0. The molecule has 18 heavy (non-hydrogen) atoms. The molecule has 0 saturated heterocycles. The van der Waals surface area contributed by atoms with Crippen LogP contribution in [0.5, 0.6) is 0 Å². The van der Waals surface area contributed by atoms with Gasteiger partial charge in [-0.3, -0.25) is 0 Å². The first kappa shape index (κ1) is 12.8. The summed E-state index contributed by atoms with van der Waals surface area (Å²) in [6.45, 7) is 3.84. The minimum Gasteiger partial charge on any atom is -0.397 e. The average molecular weight is 261 g/mol. The largest absolute Gasteiger partial charge is 0.397 e. The maximum atomic E-state index is 6.04. The van der Waals surface area contributed by atoms with Gasteiger partial charge in [-0.05, 0) is 30.7 Å². The van der Waals surface area contributed by atoms with E-state index >= 15 is 0 Å². The first-order valence-corrected chi connectivity index (χ1v) is 6.42. The van der Waals surface area contributed by atoms with Gasteiger partial charge in [0.2, 0.25) is 0 Å². The minimum absolute atomic E-state index is 0.714. The number of rotatable bonds is 4. The van der Waals surface area contributed by atoms with Crippen LogP contribution in [0, 0.1) is 0 Å². The van der Waals surface area contributed by atoms with Crippen LogP contribution in [0.1, 0.15) is 12.5 Å². The zero-order valence-corrected chi connectivity index (χ0v) is 11.2. The molecule has 0 atom stereocenters. The molecule has 2 N–H and O–H groups in total. The van der Waals surface area contributed by atoms with E-state index in [2.05, 4.69) is 24.0 Å². The summed E-state index contributed by atoms with van der Waals surface area (Å²) < 4.78 is 0. The highest BCUT2D eigenvalue weighted by Crippen LogP contribution is 2.28. The average Bonchev–Trinajstić information content (AvgIpc) is 2.40. The van der Waals surface area contributed by atoms with Gasteiger partial charge >= 0.3 is 0 Å². The number of nitrogens with zero attached hydrogens (tertiary/aromatic N) is 1. The summed E-state index contributed by atoms with van der Waals surface area (Å²) in [5.41, 5.74) is 9.04. The molecule has 2 aromatic rings. The minimum atomic E-state index is 0.714. The van der Waals surface area contributed by atoms with Crippen molar-refractivity contribution in [3.8, 4) is 0 Å². The third-order valence-corrected chi connectivity index (χ3v) is 3.17. The second-order valence-corrected chi connectivity index (χ2v) is 4.64.